The summed E-state index contributed by atoms with van der Waals surface area (Å²) in [6.45, 7) is 7.30. The largest absolute Gasteiger partial charge is 0.393 e. The van der Waals surface area contributed by atoms with Gasteiger partial charge in [-0.3, -0.25) is 0 Å². The second kappa shape index (κ2) is 4.63. The van der Waals surface area contributed by atoms with Crippen molar-refractivity contribution in [3.63, 3.8) is 0 Å². The minimum absolute atomic E-state index is 0.155. The molecule has 0 radical (unpaired) electrons. The third-order valence-electron chi connectivity index (χ3n) is 2.38. The van der Waals surface area contributed by atoms with Crippen LogP contribution in [0.15, 0.2) is 12.2 Å². The minimum atomic E-state index is -0.155. The SMILES string of the molecule is C=C(C)CCC1COCCC1O. The number of aliphatic hydroxyl groups is 1. The molecule has 0 aromatic carbocycles. The van der Waals surface area contributed by atoms with Gasteiger partial charge in [-0.1, -0.05) is 5.57 Å². The van der Waals surface area contributed by atoms with Gasteiger partial charge in [-0.2, -0.15) is 0 Å². The Morgan fingerprint density at radius 2 is 2.42 bits per heavy atom. The molecule has 2 unspecified atom stereocenters. The van der Waals surface area contributed by atoms with Gasteiger partial charge in [0, 0.05) is 12.5 Å². The molecule has 0 aromatic heterocycles. The van der Waals surface area contributed by atoms with Crippen LogP contribution in [0, 0.1) is 5.92 Å². The van der Waals surface area contributed by atoms with Crippen molar-refractivity contribution < 1.29 is 9.84 Å². The predicted octanol–water partition coefficient (Wildman–Crippen LogP) is 1.74. The zero-order valence-corrected chi connectivity index (χ0v) is 7.75. The topological polar surface area (TPSA) is 29.5 Å². The lowest BCUT2D eigenvalue weighted by atomic mass is 9.92. The second-order valence-electron chi connectivity index (χ2n) is 3.69. The molecule has 0 bridgehead atoms. The maximum Gasteiger partial charge on any atom is 0.0612 e. The average Bonchev–Trinajstić information content (AvgIpc) is 2.03. The smallest absolute Gasteiger partial charge is 0.0612 e. The number of hydrogen-bond acceptors (Lipinski definition) is 2. The maximum absolute atomic E-state index is 9.57. The van der Waals surface area contributed by atoms with E-state index in [9.17, 15) is 5.11 Å². The summed E-state index contributed by atoms with van der Waals surface area (Å²) in [5.41, 5.74) is 1.19. The first-order valence-corrected chi connectivity index (χ1v) is 4.60. The van der Waals surface area contributed by atoms with Crippen molar-refractivity contribution in [1.82, 2.24) is 0 Å². The zero-order valence-electron chi connectivity index (χ0n) is 7.75. The lowest BCUT2D eigenvalue weighted by Gasteiger charge is -2.27. The summed E-state index contributed by atoms with van der Waals surface area (Å²) < 4.78 is 5.30. The first-order chi connectivity index (χ1) is 5.70. The first kappa shape index (κ1) is 9.75. The predicted molar refractivity (Wildman–Crippen MR) is 49.0 cm³/mol. The Morgan fingerprint density at radius 1 is 1.67 bits per heavy atom. The van der Waals surface area contributed by atoms with E-state index in [0.717, 1.165) is 19.3 Å². The van der Waals surface area contributed by atoms with Crippen molar-refractivity contribution in [2.45, 2.75) is 32.3 Å². The Kier molecular flexibility index (Phi) is 3.76. The Bertz CT molecular complexity index is 154. The molecule has 1 N–H and O–H groups in total. The summed E-state index contributed by atoms with van der Waals surface area (Å²) in [5, 5.41) is 9.57. The highest BCUT2D eigenvalue weighted by Crippen LogP contribution is 2.20. The first-order valence-electron chi connectivity index (χ1n) is 4.60. The summed E-state index contributed by atoms with van der Waals surface area (Å²) >= 11 is 0. The lowest BCUT2D eigenvalue weighted by molar-refractivity contribution is -0.0380. The van der Waals surface area contributed by atoms with Gasteiger partial charge < -0.3 is 9.84 Å². The van der Waals surface area contributed by atoms with Crippen molar-refractivity contribution in [2.75, 3.05) is 13.2 Å². The summed E-state index contributed by atoms with van der Waals surface area (Å²) in [6, 6.07) is 0. The molecule has 2 atom stereocenters. The Hall–Kier alpha value is -0.340. The summed E-state index contributed by atoms with van der Waals surface area (Å²) in [4.78, 5) is 0. The molecular formula is C10H18O2. The van der Waals surface area contributed by atoms with Gasteiger partial charge in [0.15, 0.2) is 0 Å². The quantitative estimate of drug-likeness (QED) is 0.654. The van der Waals surface area contributed by atoms with E-state index in [1.54, 1.807) is 0 Å². The molecule has 1 heterocycles. The van der Waals surface area contributed by atoms with Gasteiger partial charge in [0.05, 0.1) is 12.7 Å². The van der Waals surface area contributed by atoms with Crippen molar-refractivity contribution in [2.24, 2.45) is 5.92 Å². The monoisotopic (exact) mass is 170 g/mol. The summed E-state index contributed by atoms with van der Waals surface area (Å²) in [5.74, 6) is 0.329. The molecule has 0 saturated carbocycles. The van der Waals surface area contributed by atoms with Crippen LogP contribution in [0.4, 0.5) is 0 Å². The van der Waals surface area contributed by atoms with E-state index in [1.807, 2.05) is 6.92 Å². The molecule has 2 heteroatoms. The lowest BCUT2D eigenvalue weighted by Crippen LogP contribution is -2.31. The van der Waals surface area contributed by atoms with Crippen LogP contribution in [-0.4, -0.2) is 24.4 Å². The van der Waals surface area contributed by atoms with Crippen LogP contribution in [0.5, 0.6) is 0 Å². The Morgan fingerprint density at radius 3 is 3.00 bits per heavy atom. The van der Waals surface area contributed by atoms with Crippen LogP contribution in [0.3, 0.4) is 0 Å². The molecule has 2 nitrogen and oxygen atoms in total. The summed E-state index contributed by atoms with van der Waals surface area (Å²) in [6.07, 6.45) is 2.65. The second-order valence-corrected chi connectivity index (χ2v) is 3.69. The highest BCUT2D eigenvalue weighted by molar-refractivity contribution is 4.89. The molecule has 70 valence electrons. The highest BCUT2D eigenvalue weighted by atomic mass is 16.5. The Labute approximate surface area is 74.2 Å². The van der Waals surface area contributed by atoms with Gasteiger partial charge in [0.25, 0.3) is 0 Å². The molecule has 1 fully saturated rings. The maximum atomic E-state index is 9.57. The van der Waals surface area contributed by atoms with Crippen molar-refractivity contribution in [3.05, 3.63) is 12.2 Å². The molecule has 1 aliphatic heterocycles. The zero-order chi connectivity index (χ0) is 8.97. The van der Waals surface area contributed by atoms with Gasteiger partial charge in [-0.05, 0) is 26.2 Å². The van der Waals surface area contributed by atoms with E-state index in [-0.39, 0.29) is 6.10 Å². The molecular weight excluding hydrogens is 152 g/mol. The van der Waals surface area contributed by atoms with Crippen molar-refractivity contribution in [3.8, 4) is 0 Å². The molecule has 1 aliphatic rings. The molecule has 0 spiro atoms. The standard InChI is InChI=1S/C10H18O2/c1-8(2)3-4-9-7-12-6-5-10(9)11/h9-11H,1,3-7H2,2H3. The van der Waals surface area contributed by atoms with E-state index in [0.29, 0.717) is 19.1 Å². The van der Waals surface area contributed by atoms with Crippen LogP contribution < -0.4 is 0 Å². The molecule has 0 aromatic rings. The minimum Gasteiger partial charge on any atom is -0.393 e. The number of ether oxygens (including phenoxy) is 1. The van der Waals surface area contributed by atoms with Crippen molar-refractivity contribution in [1.29, 1.82) is 0 Å². The molecule has 12 heavy (non-hydrogen) atoms. The van der Waals surface area contributed by atoms with Gasteiger partial charge in [-0.15, -0.1) is 6.58 Å². The molecule has 1 saturated heterocycles. The number of rotatable bonds is 3. The number of aliphatic hydroxyl groups excluding tert-OH is 1. The number of allylic oxidation sites excluding steroid dienone is 1. The number of hydrogen-bond donors (Lipinski definition) is 1. The normalized spacial score (nSPS) is 30.2. The fraction of sp³-hybridized carbons (Fsp3) is 0.800. The fourth-order valence-electron chi connectivity index (χ4n) is 1.49. The van der Waals surface area contributed by atoms with Crippen LogP contribution in [0.1, 0.15) is 26.2 Å². The molecule has 0 aliphatic carbocycles. The van der Waals surface area contributed by atoms with Gasteiger partial charge in [0.2, 0.25) is 0 Å². The summed E-state index contributed by atoms with van der Waals surface area (Å²) in [7, 11) is 0. The Balaban J connectivity index is 2.24. The van der Waals surface area contributed by atoms with Crippen LogP contribution in [0.2, 0.25) is 0 Å². The van der Waals surface area contributed by atoms with Crippen molar-refractivity contribution >= 4 is 0 Å². The fourth-order valence-corrected chi connectivity index (χ4v) is 1.49. The third-order valence-corrected chi connectivity index (χ3v) is 2.38. The van der Waals surface area contributed by atoms with Crippen LogP contribution in [-0.2, 0) is 4.74 Å². The average molecular weight is 170 g/mol. The van der Waals surface area contributed by atoms with E-state index in [1.165, 1.54) is 5.57 Å². The van der Waals surface area contributed by atoms with Crippen LogP contribution in [0.25, 0.3) is 0 Å². The van der Waals surface area contributed by atoms with Gasteiger partial charge >= 0.3 is 0 Å². The van der Waals surface area contributed by atoms with E-state index in [4.69, 9.17) is 4.74 Å². The van der Waals surface area contributed by atoms with Gasteiger partial charge in [0.1, 0.15) is 0 Å². The third kappa shape index (κ3) is 2.95. The van der Waals surface area contributed by atoms with E-state index < -0.39 is 0 Å². The van der Waals surface area contributed by atoms with Gasteiger partial charge in [-0.25, -0.2) is 0 Å². The molecule has 0 amide bonds. The van der Waals surface area contributed by atoms with E-state index in [2.05, 4.69) is 6.58 Å². The molecule has 1 rings (SSSR count). The van der Waals surface area contributed by atoms with E-state index >= 15 is 0 Å². The van der Waals surface area contributed by atoms with Crippen LogP contribution >= 0.6 is 0 Å². The highest BCUT2D eigenvalue weighted by Gasteiger charge is 2.22.